The highest BCUT2D eigenvalue weighted by Gasteiger charge is 2.32. The lowest BCUT2D eigenvalue weighted by atomic mass is 10.1. The average molecular weight is 479 g/mol. The molecule has 0 radical (unpaired) electrons. The van der Waals surface area contributed by atoms with E-state index in [0.29, 0.717) is 11.1 Å². The molecule has 0 atom stereocenters. The fourth-order valence-electron chi connectivity index (χ4n) is 2.80. The summed E-state index contributed by atoms with van der Waals surface area (Å²) < 4.78 is 39.6. The summed E-state index contributed by atoms with van der Waals surface area (Å²) in [5.41, 5.74) is 5.82. The first kappa shape index (κ1) is 21.2. The van der Waals surface area contributed by atoms with Crippen molar-refractivity contribution in [3.63, 3.8) is 0 Å². The van der Waals surface area contributed by atoms with Gasteiger partial charge in [-0.1, -0.05) is 24.3 Å². The summed E-state index contributed by atoms with van der Waals surface area (Å²) in [4.78, 5) is 17.9. The Morgan fingerprint density at radius 3 is 2.52 bits per heavy atom. The topological polar surface area (TPSA) is 66.1 Å². The van der Waals surface area contributed by atoms with Crippen LogP contribution in [0.25, 0.3) is 20.7 Å². The monoisotopic (exact) mass is 478 g/mol. The predicted molar refractivity (Wildman–Crippen MR) is 121 cm³/mol. The Hall–Kier alpha value is -3.02. The van der Waals surface area contributed by atoms with Crippen LogP contribution in [-0.4, -0.2) is 16.0 Å². The van der Waals surface area contributed by atoms with Crippen LogP contribution in [0.1, 0.15) is 15.2 Å². The number of aromatic nitrogens is 1. The van der Waals surface area contributed by atoms with Crippen molar-refractivity contribution in [1.29, 1.82) is 0 Å². The number of nitrogens with zero attached hydrogens (tertiary/aromatic N) is 1. The number of alkyl halides is 3. The summed E-state index contributed by atoms with van der Waals surface area (Å²) in [5, 5.41) is 4.90. The second kappa shape index (κ2) is 8.61. The van der Waals surface area contributed by atoms with E-state index in [9.17, 15) is 18.0 Å². The molecular weight excluding hydrogens is 465 g/mol. The Morgan fingerprint density at radius 1 is 1.06 bits per heavy atom. The maximum absolute atomic E-state index is 13.1. The number of carbonyl (C=O) groups is 1. The molecule has 1 aromatic carbocycles. The molecule has 0 spiro atoms. The van der Waals surface area contributed by atoms with Crippen LogP contribution in [0.4, 0.5) is 18.9 Å². The van der Waals surface area contributed by atoms with Crippen LogP contribution in [-0.2, 0) is 6.18 Å². The molecule has 31 heavy (non-hydrogen) atoms. The van der Waals surface area contributed by atoms with Gasteiger partial charge in [-0.2, -0.15) is 13.2 Å². The fourth-order valence-corrected chi connectivity index (χ4v) is 4.92. The zero-order chi connectivity index (χ0) is 22.0. The molecule has 4 aromatic rings. The number of hydrazine groups is 1. The van der Waals surface area contributed by atoms with Crippen LogP contribution in [0.3, 0.4) is 0 Å². The van der Waals surface area contributed by atoms with Gasteiger partial charge in [-0.05, 0) is 41.9 Å². The molecule has 0 bridgehead atoms. The third-order valence-electron chi connectivity index (χ3n) is 4.15. The van der Waals surface area contributed by atoms with E-state index in [1.165, 1.54) is 11.3 Å². The largest absolute Gasteiger partial charge is 0.417 e. The molecule has 1 amide bonds. The molecule has 0 aliphatic rings. The molecule has 0 aliphatic heterocycles. The highest BCUT2D eigenvalue weighted by molar-refractivity contribution is 7.80. The number of rotatable bonds is 3. The molecule has 0 saturated heterocycles. The Labute approximate surface area is 187 Å². The number of thiophene rings is 2. The van der Waals surface area contributed by atoms with Gasteiger partial charge in [-0.3, -0.25) is 20.6 Å². The third kappa shape index (κ3) is 4.68. The molecule has 4 rings (SSSR count). The molecular formula is C20H13F3N4OS3. The first-order valence-corrected chi connectivity index (χ1v) is 10.9. The van der Waals surface area contributed by atoms with Gasteiger partial charge in [0.25, 0.3) is 5.91 Å². The number of anilines is 1. The molecule has 5 nitrogen and oxygen atoms in total. The quantitative estimate of drug-likeness (QED) is 0.261. The van der Waals surface area contributed by atoms with E-state index in [1.54, 1.807) is 24.3 Å². The minimum atomic E-state index is -4.52. The van der Waals surface area contributed by atoms with Gasteiger partial charge in [0, 0.05) is 22.3 Å². The van der Waals surface area contributed by atoms with Gasteiger partial charge < -0.3 is 5.32 Å². The molecule has 3 N–H and O–H groups in total. The predicted octanol–water partition coefficient (Wildman–Crippen LogP) is 5.68. The Bertz CT molecular complexity index is 1240. The molecule has 0 unspecified atom stereocenters. The van der Waals surface area contributed by atoms with E-state index in [2.05, 4.69) is 21.2 Å². The van der Waals surface area contributed by atoms with Crippen LogP contribution in [0.5, 0.6) is 0 Å². The van der Waals surface area contributed by atoms with E-state index in [4.69, 9.17) is 12.2 Å². The molecule has 3 heterocycles. The first-order chi connectivity index (χ1) is 14.8. The number of halogens is 3. The van der Waals surface area contributed by atoms with Crippen LogP contribution in [0, 0.1) is 0 Å². The first-order valence-electron chi connectivity index (χ1n) is 8.79. The number of fused-ring (bicyclic) bond motifs is 1. The summed E-state index contributed by atoms with van der Waals surface area (Å²) in [6.07, 6.45) is -3.74. The standard InChI is InChI=1S/C20H13F3N4OS3/c21-20(22,23)11-9-14-16(24-10-11)15(13-7-4-8-30-13)17(31-14)18(28)26-27-19(29)25-12-5-2-1-3-6-12/h1-10H,(H,26,28)(H2,25,27,29). The third-order valence-corrected chi connectivity index (χ3v) is 6.37. The van der Waals surface area contributed by atoms with E-state index < -0.39 is 17.6 Å². The van der Waals surface area contributed by atoms with Gasteiger partial charge in [0.1, 0.15) is 4.88 Å². The van der Waals surface area contributed by atoms with Crippen molar-refractivity contribution in [3.05, 3.63) is 70.5 Å². The number of amides is 1. The molecule has 158 valence electrons. The van der Waals surface area contributed by atoms with Crippen molar-refractivity contribution >= 4 is 61.8 Å². The molecule has 11 heteroatoms. The fraction of sp³-hybridized carbons (Fsp3) is 0.0500. The summed E-state index contributed by atoms with van der Waals surface area (Å²) >= 11 is 7.48. The maximum atomic E-state index is 13.1. The number of carbonyl (C=O) groups excluding carboxylic acids is 1. The lowest BCUT2D eigenvalue weighted by Crippen LogP contribution is -2.43. The second-order valence-corrected chi connectivity index (χ2v) is 8.66. The van der Waals surface area contributed by atoms with Gasteiger partial charge in [0.05, 0.1) is 15.8 Å². The molecule has 0 saturated carbocycles. The number of hydrogen-bond donors (Lipinski definition) is 3. The van der Waals surface area contributed by atoms with Crippen LogP contribution in [0.15, 0.2) is 60.1 Å². The SMILES string of the molecule is O=C(NNC(=S)Nc1ccccc1)c1sc2cc(C(F)(F)F)cnc2c1-c1cccs1. The molecule has 3 aromatic heterocycles. The number of pyridine rings is 1. The van der Waals surface area contributed by atoms with Gasteiger partial charge in [0.15, 0.2) is 5.11 Å². The van der Waals surface area contributed by atoms with Crippen molar-refractivity contribution in [2.45, 2.75) is 6.18 Å². The number of nitrogens with one attached hydrogen (secondary N) is 3. The minimum Gasteiger partial charge on any atom is -0.331 e. The van der Waals surface area contributed by atoms with E-state index in [1.807, 2.05) is 23.6 Å². The normalized spacial score (nSPS) is 11.3. The number of thiocarbonyl (C=S) groups is 1. The summed E-state index contributed by atoms with van der Waals surface area (Å²) in [7, 11) is 0. The minimum absolute atomic E-state index is 0.163. The van der Waals surface area contributed by atoms with Crippen molar-refractivity contribution in [2.75, 3.05) is 5.32 Å². The summed E-state index contributed by atoms with van der Waals surface area (Å²) in [6.45, 7) is 0. The zero-order valence-corrected chi connectivity index (χ0v) is 17.9. The van der Waals surface area contributed by atoms with Gasteiger partial charge in [-0.25, -0.2) is 0 Å². The Balaban J connectivity index is 1.61. The van der Waals surface area contributed by atoms with Gasteiger partial charge >= 0.3 is 6.18 Å². The maximum Gasteiger partial charge on any atom is 0.417 e. The van der Waals surface area contributed by atoms with E-state index >= 15 is 0 Å². The summed E-state index contributed by atoms with van der Waals surface area (Å²) in [6, 6.07) is 13.7. The van der Waals surface area contributed by atoms with Crippen molar-refractivity contribution < 1.29 is 18.0 Å². The van der Waals surface area contributed by atoms with Crippen LogP contribution in [0.2, 0.25) is 0 Å². The van der Waals surface area contributed by atoms with Crippen LogP contribution >= 0.6 is 34.9 Å². The van der Waals surface area contributed by atoms with E-state index in [0.717, 1.165) is 34.2 Å². The smallest absolute Gasteiger partial charge is 0.331 e. The zero-order valence-electron chi connectivity index (χ0n) is 15.5. The highest BCUT2D eigenvalue weighted by atomic mass is 32.1. The Kier molecular flexibility index (Phi) is 5.90. The summed E-state index contributed by atoms with van der Waals surface area (Å²) in [5.74, 6) is -0.530. The Morgan fingerprint density at radius 2 is 1.84 bits per heavy atom. The van der Waals surface area contributed by atoms with Gasteiger partial charge in [-0.15, -0.1) is 22.7 Å². The molecule has 0 aliphatic carbocycles. The van der Waals surface area contributed by atoms with Crippen molar-refractivity contribution in [2.24, 2.45) is 0 Å². The number of hydrogen-bond acceptors (Lipinski definition) is 5. The van der Waals surface area contributed by atoms with Gasteiger partial charge in [0.2, 0.25) is 0 Å². The number of para-hydroxylation sites is 1. The highest BCUT2D eigenvalue weighted by Crippen LogP contribution is 2.41. The van der Waals surface area contributed by atoms with Crippen molar-refractivity contribution in [1.82, 2.24) is 15.8 Å². The molecule has 0 fully saturated rings. The lowest BCUT2D eigenvalue weighted by molar-refractivity contribution is -0.137. The number of benzene rings is 1. The van der Waals surface area contributed by atoms with E-state index in [-0.39, 0.29) is 14.7 Å². The van der Waals surface area contributed by atoms with Crippen molar-refractivity contribution in [3.8, 4) is 10.4 Å². The van der Waals surface area contributed by atoms with Crippen LogP contribution < -0.4 is 16.2 Å². The average Bonchev–Trinajstić information content (AvgIpc) is 3.39. The second-order valence-electron chi connectivity index (χ2n) is 6.25. The lowest BCUT2D eigenvalue weighted by Gasteiger charge is -2.11.